The van der Waals surface area contributed by atoms with E-state index in [0.717, 1.165) is 39.1 Å². The summed E-state index contributed by atoms with van der Waals surface area (Å²) in [5.41, 5.74) is 0. The van der Waals surface area contributed by atoms with Gasteiger partial charge in [0.2, 0.25) is 0 Å². The third-order valence-electron chi connectivity index (χ3n) is 2.77. The first-order chi connectivity index (χ1) is 7.72. The first kappa shape index (κ1) is 13.9. The van der Waals surface area contributed by atoms with Gasteiger partial charge >= 0.3 is 0 Å². The van der Waals surface area contributed by atoms with Crippen LogP contribution in [0.2, 0.25) is 0 Å². The van der Waals surface area contributed by atoms with Gasteiger partial charge < -0.3 is 14.8 Å². The Labute approximate surface area is 99.9 Å². The van der Waals surface area contributed by atoms with Crippen molar-refractivity contribution in [3.8, 4) is 0 Å². The van der Waals surface area contributed by atoms with Crippen LogP contribution in [0.4, 0.5) is 0 Å². The molecule has 96 valence electrons. The van der Waals surface area contributed by atoms with Gasteiger partial charge in [0.1, 0.15) is 0 Å². The molecule has 1 fully saturated rings. The molecule has 3 heteroatoms. The zero-order chi connectivity index (χ0) is 11.8. The lowest BCUT2D eigenvalue weighted by Gasteiger charge is -2.15. The lowest BCUT2D eigenvalue weighted by atomic mass is 10.2. The van der Waals surface area contributed by atoms with Crippen LogP contribution < -0.4 is 5.32 Å². The highest BCUT2D eigenvalue weighted by Crippen LogP contribution is 2.19. The summed E-state index contributed by atoms with van der Waals surface area (Å²) in [6, 6.07) is 0. The molecule has 0 aromatic rings. The smallest absolute Gasteiger partial charge is 0.0813 e. The van der Waals surface area contributed by atoms with Crippen LogP contribution in [0.25, 0.3) is 0 Å². The normalized spacial score (nSPS) is 25.5. The van der Waals surface area contributed by atoms with Crippen LogP contribution >= 0.6 is 0 Å². The Morgan fingerprint density at radius 3 is 2.75 bits per heavy atom. The quantitative estimate of drug-likeness (QED) is 0.647. The minimum Gasteiger partial charge on any atom is -0.379 e. The molecule has 1 aliphatic heterocycles. The molecule has 0 amide bonds. The van der Waals surface area contributed by atoms with Crippen molar-refractivity contribution >= 4 is 0 Å². The van der Waals surface area contributed by atoms with E-state index in [1.54, 1.807) is 0 Å². The molecule has 2 atom stereocenters. The summed E-state index contributed by atoms with van der Waals surface area (Å²) in [7, 11) is 0. The van der Waals surface area contributed by atoms with Crippen LogP contribution in [0.3, 0.4) is 0 Å². The van der Waals surface area contributed by atoms with Gasteiger partial charge in [-0.15, -0.1) is 0 Å². The second-order valence-corrected chi connectivity index (χ2v) is 5.08. The van der Waals surface area contributed by atoms with E-state index in [4.69, 9.17) is 9.47 Å². The molecule has 1 N–H and O–H groups in total. The number of nitrogens with one attached hydrogen (secondary N) is 1. The van der Waals surface area contributed by atoms with Gasteiger partial charge in [-0.1, -0.05) is 20.8 Å². The molecule has 2 unspecified atom stereocenters. The van der Waals surface area contributed by atoms with Gasteiger partial charge in [-0.25, -0.2) is 0 Å². The molecule has 1 rings (SSSR count). The SMILES string of the molecule is CCCOCC1CCC(CNCC(C)C)O1. The van der Waals surface area contributed by atoms with Crippen molar-refractivity contribution in [3.05, 3.63) is 0 Å². The maximum Gasteiger partial charge on any atom is 0.0813 e. The summed E-state index contributed by atoms with van der Waals surface area (Å²) in [5, 5.41) is 3.45. The number of ether oxygens (including phenoxy) is 2. The van der Waals surface area contributed by atoms with E-state index in [1.165, 1.54) is 6.42 Å². The zero-order valence-corrected chi connectivity index (χ0v) is 11.0. The van der Waals surface area contributed by atoms with Crippen molar-refractivity contribution in [3.63, 3.8) is 0 Å². The van der Waals surface area contributed by atoms with Crippen LogP contribution in [0.15, 0.2) is 0 Å². The monoisotopic (exact) mass is 229 g/mol. The minimum atomic E-state index is 0.331. The molecule has 0 spiro atoms. The molecule has 0 saturated carbocycles. The van der Waals surface area contributed by atoms with Crippen molar-refractivity contribution in [2.75, 3.05) is 26.3 Å². The van der Waals surface area contributed by atoms with Gasteiger partial charge in [0.25, 0.3) is 0 Å². The molecule has 1 saturated heterocycles. The summed E-state index contributed by atoms with van der Waals surface area (Å²) in [5.74, 6) is 0.713. The fraction of sp³-hybridized carbons (Fsp3) is 1.00. The van der Waals surface area contributed by atoms with E-state index >= 15 is 0 Å². The van der Waals surface area contributed by atoms with Crippen molar-refractivity contribution in [1.29, 1.82) is 0 Å². The summed E-state index contributed by atoms with van der Waals surface area (Å²) in [4.78, 5) is 0. The van der Waals surface area contributed by atoms with Crippen LogP contribution in [-0.2, 0) is 9.47 Å². The molecule has 3 nitrogen and oxygen atoms in total. The van der Waals surface area contributed by atoms with E-state index in [9.17, 15) is 0 Å². The fourth-order valence-electron chi connectivity index (χ4n) is 1.94. The van der Waals surface area contributed by atoms with Gasteiger partial charge in [-0.3, -0.25) is 0 Å². The van der Waals surface area contributed by atoms with Gasteiger partial charge in [0, 0.05) is 13.2 Å². The Bertz CT molecular complexity index is 173. The van der Waals surface area contributed by atoms with Crippen LogP contribution in [0.1, 0.15) is 40.0 Å². The van der Waals surface area contributed by atoms with Crippen LogP contribution in [0.5, 0.6) is 0 Å². The molecule has 0 aliphatic carbocycles. The highest BCUT2D eigenvalue weighted by Gasteiger charge is 2.24. The van der Waals surface area contributed by atoms with Crippen molar-refractivity contribution in [1.82, 2.24) is 5.32 Å². The van der Waals surface area contributed by atoms with Gasteiger partial charge in [-0.05, 0) is 31.7 Å². The van der Waals surface area contributed by atoms with E-state index in [0.29, 0.717) is 18.1 Å². The predicted molar refractivity (Wildman–Crippen MR) is 66.7 cm³/mol. The molecule has 16 heavy (non-hydrogen) atoms. The Kier molecular flexibility index (Phi) is 7.01. The zero-order valence-electron chi connectivity index (χ0n) is 11.0. The topological polar surface area (TPSA) is 30.5 Å². The molecule has 0 aromatic heterocycles. The molecule has 0 aromatic carbocycles. The average molecular weight is 229 g/mol. The Morgan fingerprint density at radius 1 is 1.31 bits per heavy atom. The van der Waals surface area contributed by atoms with Crippen molar-refractivity contribution in [2.24, 2.45) is 5.92 Å². The highest BCUT2D eigenvalue weighted by atomic mass is 16.5. The lowest BCUT2D eigenvalue weighted by Crippen LogP contribution is -2.30. The standard InChI is InChI=1S/C13H27NO2/c1-4-7-15-10-13-6-5-12(16-13)9-14-8-11(2)3/h11-14H,4-10H2,1-3H3. The van der Waals surface area contributed by atoms with Crippen LogP contribution in [0, 0.1) is 5.92 Å². The van der Waals surface area contributed by atoms with Gasteiger partial charge in [0.05, 0.1) is 18.8 Å². The second-order valence-electron chi connectivity index (χ2n) is 5.08. The summed E-state index contributed by atoms with van der Waals surface area (Å²) in [6.07, 6.45) is 4.14. The molecule has 0 bridgehead atoms. The first-order valence-corrected chi connectivity index (χ1v) is 6.66. The summed E-state index contributed by atoms with van der Waals surface area (Å²) in [6.45, 7) is 10.3. The predicted octanol–water partition coefficient (Wildman–Crippen LogP) is 2.21. The molecular formula is C13H27NO2. The molecular weight excluding hydrogens is 202 g/mol. The van der Waals surface area contributed by atoms with Crippen molar-refractivity contribution < 1.29 is 9.47 Å². The first-order valence-electron chi connectivity index (χ1n) is 6.66. The summed E-state index contributed by atoms with van der Waals surface area (Å²) < 4.78 is 11.4. The number of rotatable bonds is 8. The largest absolute Gasteiger partial charge is 0.379 e. The van der Waals surface area contributed by atoms with E-state index < -0.39 is 0 Å². The number of hydrogen-bond donors (Lipinski definition) is 1. The Hall–Kier alpha value is -0.120. The fourth-order valence-corrected chi connectivity index (χ4v) is 1.94. The Balaban J connectivity index is 2.01. The van der Waals surface area contributed by atoms with Crippen LogP contribution in [-0.4, -0.2) is 38.5 Å². The third kappa shape index (κ3) is 5.83. The van der Waals surface area contributed by atoms with Gasteiger partial charge in [-0.2, -0.15) is 0 Å². The van der Waals surface area contributed by atoms with Crippen molar-refractivity contribution in [2.45, 2.75) is 52.2 Å². The third-order valence-corrected chi connectivity index (χ3v) is 2.77. The van der Waals surface area contributed by atoms with Gasteiger partial charge in [0.15, 0.2) is 0 Å². The maximum atomic E-state index is 5.90. The molecule has 1 aliphatic rings. The van der Waals surface area contributed by atoms with E-state index in [2.05, 4.69) is 26.1 Å². The molecule has 0 radical (unpaired) electrons. The molecule has 1 heterocycles. The number of hydrogen-bond acceptors (Lipinski definition) is 3. The minimum absolute atomic E-state index is 0.331. The average Bonchev–Trinajstić information content (AvgIpc) is 2.66. The second kappa shape index (κ2) is 8.04. The van der Waals surface area contributed by atoms with E-state index in [-0.39, 0.29) is 0 Å². The Morgan fingerprint density at radius 2 is 2.06 bits per heavy atom. The summed E-state index contributed by atoms with van der Waals surface area (Å²) >= 11 is 0. The van der Waals surface area contributed by atoms with E-state index in [1.807, 2.05) is 0 Å². The highest BCUT2D eigenvalue weighted by molar-refractivity contribution is 4.75. The maximum absolute atomic E-state index is 5.90. The lowest BCUT2D eigenvalue weighted by molar-refractivity contribution is -0.0141.